The molecule has 0 aromatic heterocycles. The number of aryl methyl sites for hydroxylation is 2. The molecule has 0 atom stereocenters. The zero-order valence-electron chi connectivity index (χ0n) is 11.2. The average Bonchev–Trinajstić information content (AvgIpc) is 2.41. The fourth-order valence-electron chi connectivity index (χ4n) is 1.94. The van der Waals surface area contributed by atoms with E-state index in [1.165, 1.54) is 12.1 Å². The molecule has 0 fully saturated rings. The molecule has 1 nitrogen and oxygen atoms in total. The van der Waals surface area contributed by atoms with Crippen molar-refractivity contribution in [1.29, 1.82) is 0 Å². The van der Waals surface area contributed by atoms with E-state index >= 15 is 0 Å². The monoisotopic (exact) mass is 284 g/mol. The summed E-state index contributed by atoms with van der Waals surface area (Å²) >= 11 is 0. The number of hydrogen-bond donors (Lipinski definition) is 0. The molecule has 0 saturated heterocycles. The van der Waals surface area contributed by atoms with E-state index in [9.17, 15) is 17.6 Å². The van der Waals surface area contributed by atoms with Crippen LogP contribution in [0.4, 0.5) is 17.6 Å². The van der Waals surface area contributed by atoms with Crippen molar-refractivity contribution >= 4 is 0 Å². The molecule has 106 valence electrons. The van der Waals surface area contributed by atoms with Gasteiger partial charge < -0.3 is 4.74 Å². The molecule has 0 spiro atoms. The van der Waals surface area contributed by atoms with Gasteiger partial charge in [0.1, 0.15) is 0 Å². The normalized spacial score (nSPS) is 10.8. The van der Waals surface area contributed by atoms with Gasteiger partial charge in [-0.15, -0.1) is 0 Å². The summed E-state index contributed by atoms with van der Waals surface area (Å²) in [6, 6.07) is 4.51. The maximum Gasteiger partial charge on any atom is 0.204 e. The summed E-state index contributed by atoms with van der Waals surface area (Å²) in [5, 5.41) is 0. The topological polar surface area (TPSA) is 9.23 Å². The number of benzene rings is 2. The van der Waals surface area contributed by atoms with Gasteiger partial charge in [-0.1, -0.05) is 18.2 Å². The van der Waals surface area contributed by atoms with Gasteiger partial charge in [-0.05, 0) is 30.5 Å². The molecule has 2 aromatic rings. The lowest BCUT2D eigenvalue weighted by molar-refractivity contribution is 0.334. The molecule has 0 N–H and O–H groups in total. The average molecular weight is 284 g/mol. The van der Waals surface area contributed by atoms with Gasteiger partial charge >= 0.3 is 0 Å². The highest BCUT2D eigenvalue weighted by Gasteiger charge is 2.27. The van der Waals surface area contributed by atoms with Gasteiger partial charge in [-0.25, -0.2) is 8.78 Å². The number of halogens is 4. The molecule has 5 heteroatoms. The number of ether oxygens (including phenoxy) is 1. The van der Waals surface area contributed by atoms with Gasteiger partial charge in [0.15, 0.2) is 17.4 Å². The quantitative estimate of drug-likeness (QED) is 0.581. The SMILES string of the molecule is COc1c(F)c(F)c(-c2ccc(C)c(C)c2)c(F)c1F. The van der Waals surface area contributed by atoms with Crippen molar-refractivity contribution in [3.63, 3.8) is 0 Å². The molecule has 2 rings (SSSR count). The van der Waals surface area contributed by atoms with Crippen molar-refractivity contribution in [3.8, 4) is 16.9 Å². The predicted octanol–water partition coefficient (Wildman–Crippen LogP) is 4.54. The van der Waals surface area contributed by atoms with Crippen molar-refractivity contribution in [2.45, 2.75) is 13.8 Å². The summed E-state index contributed by atoms with van der Waals surface area (Å²) in [4.78, 5) is 0. The van der Waals surface area contributed by atoms with Crippen LogP contribution in [-0.2, 0) is 0 Å². The van der Waals surface area contributed by atoms with Crippen LogP contribution in [0.5, 0.6) is 5.75 Å². The second-order valence-electron chi connectivity index (χ2n) is 4.46. The molecule has 0 radical (unpaired) electrons. The number of hydrogen-bond acceptors (Lipinski definition) is 1. The van der Waals surface area contributed by atoms with Gasteiger partial charge in [0.25, 0.3) is 0 Å². The molecule has 2 aromatic carbocycles. The van der Waals surface area contributed by atoms with E-state index in [4.69, 9.17) is 0 Å². The minimum Gasteiger partial charge on any atom is -0.491 e. The van der Waals surface area contributed by atoms with Crippen LogP contribution in [0.2, 0.25) is 0 Å². The Hall–Kier alpha value is -2.04. The third kappa shape index (κ3) is 2.13. The van der Waals surface area contributed by atoms with Crippen LogP contribution in [0.25, 0.3) is 11.1 Å². The summed E-state index contributed by atoms with van der Waals surface area (Å²) in [6.07, 6.45) is 0. The molecule has 0 saturated carbocycles. The molecule has 0 aliphatic rings. The zero-order valence-corrected chi connectivity index (χ0v) is 11.2. The third-order valence-electron chi connectivity index (χ3n) is 3.22. The molecule has 0 aliphatic carbocycles. The Labute approximate surface area is 113 Å². The van der Waals surface area contributed by atoms with Crippen LogP contribution >= 0.6 is 0 Å². The van der Waals surface area contributed by atoms with Gasteiger partial charge in [0, 0.05) is 0 Å². The molecular weight excluding hydrogens is 272 g/mol. The van der Waals surface area contributed by atoms with E-state index in [2.05, 4.69) is 4.74 Å². The summed E-state index contributed by atoms with van der Waals surface area (Å²) in [6.45, 7) is 3.56. The van der Waals surface area contributed by atoms with Crippen LogP contribution in [0, 0.1) is 37.1 Å². The van der Waals surface area contributed by atoms with E-state index < -0.39 is 34.6 Å². The Morgan fingerprint density at radius 3 is 1.80 bits per heavy atom. The largest absolute Gasteiger partial charge is 0.491 e. The highest BCUT2D eigenvalue weighted by atomic mass is 19.2. The van der Waals surface area contributed by atoms with Crippen molar-refractivity contribution in [2.24, 2.45) is 0 Å². The van der Waals surface area contributed by atoms with E-state index in [-0.39, 0.29) is 5.56 Å². The van der Waals surface area contributed by atoms with Crippen molar-refractivity contribution in [1.82, 2.24) is 0 Å². The fraction of sp³-hybridized carbons (Fsp3) is 0.200. The summed E-state index contributed by atoms with van der Waals surface area (Å²) in [5.74, 6) is -7.08. The Morgan fingerprint density at radius 2 is 1.35 bits per heavy atom. The minimum atomic E-state index is -1.54. The lowest BCUT2D eigenvalue weighted by Gasteiger charge is -2.12. The van der Waals surface area contributed by atoms with Gasteiger partial charge in [0.2, 0.25) is 11.6 Å². The summed E-state index contributed by atoms with van der Waals surface area (Å²) in [7, 11) is 0.941. The Morgan fingerprint density at radius 1 is 0.800 bits per heavy atom. The van der Waals surface area contributed by atoms with E-state index in [1.54, 1.807) is 13.0 Å². The van der Waals surface area contributed by atoms with E-state index in [0.29, 0.717) is 0 Å². The minimum absolute atomic E-state index is 0.0727. The molecular formula is C15H12F4O. The first-order valence-corrected chi connectivity index (χ1v) is 5.86. The van der Waals surface area contributed by atoms with Crippen molar-refractivity contribution in [2.75, 3.05) is 7.11 Å². The van der Waals surface area contributed by atoms with Crippen LogP contribution in [0.15, 0.2) is 18.2 Å². The second kappa shape index (κ2) is 5.15. The molecule has 0 heterocycles. The first kappa shape index (κ1) is 14.4. The molecule has 0 unspecified atom stereocenters. The van der Waals surface area contributed by atoms with E-state index in [1.807, 2.05) is 6.92 Å². The maximum absolute atomic E-state index is 13.9. The Bertz CT molecular complexity index is 651. The molecule has 0 amide bonds. The smallest absolute Gasteiger partial charge is 0.204 e. The first-order valence-electron chi connectivity index (χ1n) is 5.86. The predicted molar refractivity (Wildman–Crippen MR) is 67.7 cm³/mol. The van der Waals surface area contributed by atoms with Crippen LogP contribution in [0.3, 0.4) is 0 Å². The fourth-order valence-corrected chi connectivity index (χ4v) is 1.94. The first-order chi connectivity index (χ1) is 9.38. The van der Waals surface area contributed by atoms with Crippen molar-refractivity contribution in [3.05, 3.63) is 52.6 Å². The van der Waals surface area contributed by atoms with Crippen LogP contribution in [0.1, 0.15) is 11.1 Å². The maximum atomic E-state index is 13.9. The molecule has 0 bridgehead atoms. The summed E-state index contributed by atoms with van der Waals surface area (Å²) in [5.41, 5.74) is 1.01. The Kier molecular flexibility index (Phi) is 3.70. The van der Waals surface area contributed by atoms with E-state index in [0.717, 1.165) is 18.2 Å². The highest BCUT2D eigenvalue weighted by molar-refractivity contribution is 5.67. The van der Waals surface area contributed by atoms with Crippen molar-refractivity contribution < 1.29 is 22.3 Å². The molecule has 0 aliphatic heterocycles. The van der Waals surface area contributed by atoms with Crippen LogP contribution in [-0.4, -0.2) is 7.11 Å². The lowest BCUT2D eigenvalue weighted by atomic mass is 9.99. The number of rotatable bonds is 2. The standard InChI is InChI=1S/C15H12F4O/c1-7-4-5-9(6-8(7)2)10-11(16)13(18)15(20-3)14(19)12(10)17/h4-6H,1-3H3. The van der Waals surface area contributed by atoms with Gasteiger partial charge in [-0.3, -0.25) is 0 Å². The molecule has 20 heavy (non-hydrogen) atoms. The second-order valence-corrected chi connectivity index (χ2v) is 4.46. The van der Waals surface area contributed by atoms with Gasteiger partial charge in [0.05, 0.1) is 12.7 Å². The third-order valence-corrected chi connectivity index (χ3v) is 3.22. The zero-order chi connectivity index (χ0) is 15.0. The Balaban J connectivity index is 2.77. The van der Waals surface area contributed by atoms with Gasteiger partial charge in [-0.2, -0.15) is 8.78 Å². The van der Waals surface area contributed by atoms with Crippen LogP contribution < -0.4 is 4.74 Å². The lowest BCUT2D eigenvalue weighted by Crippen LogP contribution is -2.04. The number of methoxy groups -OCH3 is 1. The highest BCUT2D eigenvalue weighted by Crippen LogP contribution is 2.36. The summed E-state index contributed by atoms with van der Waals surface area (Å²) < 4.78 is 59.6.